The second-order valence-electron chi connectivity index (χ2n) is 5.67. The fourth-order valence-electron chi connectivity index (χ4n) is 2.68. The lowest BCUT2D eigenvalue weighted by atomic mass is 10.1. The maximum absolute atomic E-state index is 12.2. The molecule has 1 N–H and O–H groups in total. The molecular formula is C17H25N3O2. The second kappa shape index (κ2) is 8.54. The second-order valence-corrected chi connectivity index (χ2v) is 5.67. The van der Waals surface area contributed by atoms with E-state index < -0.39 is 0 Å². The summed E-state index contributed by atoms with van der Waals surface area (Å²) in [5.74, 6) is 0.262. The molecule has 0 saturated carbocycles. The Morgan fingerprint density at radius 1 is 1.09 bits per heavy atom. The fraction of sp³-hybridized carbons (Fsp3) is 0.529. The molecule has 0 bridgehead atoms. The van der Waals surface area contributed by atoms with Crippen LogP contribution in [-0.2, 0) is 16.0 Å². The summed E-state index contributed by atoms with van der Waals surface area (Å²) in [5, 5.41) is 2.63. The van der Waals surface area contributed by atoms with E-state index in [0.717, 1.165) is 39.0 Å². The molecule has 5 heteroatoms. The number of likely N-dealkylation sites (N-methyl/N-ethyl adjacent to an activating group) is 1. The highest BCUT2D eigenvalue weighted by molar-refractivity contribution is 5.78. The highest BCUT2D eigenvalue weighted by Crippen LogP contribution is 2.08. The molecule has 1 heterocycles. The van der Waals surface area contributed by atoms with Crippen LogP contribution < -0.4 is 5.32 Å². The Hall–Kier alpha value is -1.88. The molecule has 0 radical (unpaired) electrons. The Morgan fingerprint density at radius 2 is 1.77 bits per heavy atom. The van der Waals surface area contributed by atoms with Crippen LogP contribution in [0.4, 0.5) is 0 Å². The van der Waals surface area contributed by atoms with Gasteiger partial charge in [0.25, 0.3) is 0 Å². The van der Waals surface area contributed by atoms with Gasteiger partial charge in [-0.25, -0.2) is 0 Å². The Kier molecular flexibility index (Phi) is 6.40. The summed E-state index contributed by atoms with van der Waals surface area (Å²) in [7, 11) is 1.65. The van der Waals surface area contributed by atoms with E-state index in [1.54, 1.807) is 7.05 Å². The maximum atomic E-state index is 12.2. The van der Waals surface area contributed by atoms with Gasteiger partial charge < -0.3 is 10.2 Å². The molecule has 1 fully saturated rings. The summed E-state index contributed by atoms with van der Waals surface area (Å²) in [6.07, 6.45) is 2.44. The van der Waals surface area contributed by atoms with Gasteiger partial charge in [-0.2, -0.15) is 0 Å². The molecular weight excluding hydrogens is 278 g/mol. The minimum atomic E-state index is 0.0302. The smallest absolute Gasteiger partial charge is 0.233 e. The molecule has 0 spiro atoms. The van der Waals surface area contributed by atoms with Crippen LogP contribution in [0.5, 0.6) is 0 Å². The van der Waals surface area contributed by atoms with Crippen LogP contribution in [0.2, 0.25) is 0 Å². The fourth-order valence-corrected chi connectivity index (χ4v) is 2.68. The zero-order chi connectivity index (χ0) is 15.8. The predicted molar refractivity (Wildman–Crippen MR) is 86.5 cm³/mol. The summed E-state index contributed by atoms with van der Waals surface area (Å²) in [4.78, 5) is 27.6. The highest BCUT2D eigenvalue weighted by Gasteiger charge is 2.21. The number of aryl methyl sites for hydroxylation is 1. The van der Waals surface area contributed by atoms with Crippen molar-refractivity contribution in [1.82, 2.24) is 15.1 Å². The Morgan fingerprint density at radius 3 is 2.41 bits per heavy atom. The number of carbonyl (C=O) groups excluding carboxylic acids is 2. The lowest BCUT2D eigenvalue weighted by molar-refractivity contribution is -0.133. The van der Waals surface area contributed by atoms with Crippen LogP contribution in [0.1, 0.15) is 18.4 Å². The first kappa shape index (κ1) is 16.5. The third-order valence-electron chi connectivity index (χ3n) is 4.07. The minimum absolute atomic E-state index is 0.0302. The van der Waals surface area contributed by atoms with Crippen LogP contribution >= 0.6 is 0 Å². The quantitative estimate of drug-likeness (QED) is 0.849. The number of nitrogens with zero attached hydrogens (tertiary/aromatic N) is 2. The molecule has 5 nitrogen and oxygen atoms in total. The number of hydrogen-bond acceptors (Lipinski definition) is 3. The Balaban J connectivity index is 1.66. The zero-order valence-corrected chi connectivity index (χ0v) is 13.3. The van der Waals surface area contributed by atoms with Gasteiger partial charge in [-0.3, -0.25) is 14.5 Å². The number of benzene rings is 1. The average molecular weight is 303 g/mol. The van der Waals surface area contributed by atoms with E-state index in [-0.39, 0.29) is 11.8 Å². The topological polar surface area (TPSA) is 52.7 Å². The molecule has 22 heavy (non-hydrogen) atoms. The summed E-state index contributed by atoms with van der Waals surface area (Å²) in [6.45, 7) is 3.42. The van der Waals surface area contributed by atoms with Gasteiger partial charge in [-0.15, -0.1) is 0 Å². The Bertz CT molecular complexity index is 482. The first-order valence-electron chi connectivity index (χ1n) is 7.93. The van der Waals surface area contributed by atoms with E-state index >= 15 is 0 Å². The van der Waals surface area contributed by atoms with Crippen molar-refractivity contribution >= 4 is 11.8 Å². The first-order chi connectivity index (χ1) is 10.7. The van der Waals surface area contributed by atoms with Crippen LogP contribution in [0.15, 0.2) is 30.3 Å². The molecule has 0 aromatic heterocycles. The van der Waals surface area contributed by atoms with Gasteiger partial charge in [-0.1, -0.05) is 30.3 Å². The SMILES string of the molecule is CNC(=O)CN1CCN(C(=O)CCCc2ccccc2)CC1. The summed E-state index contributed by atoms with van der Waals surface area (Å²) >= 11 is 0. The van der Waals surface area contributed by atoms with Crippen molar-refractivity contribution in [3.05, 3.63) is 35.9 Å². The van der Waals surface area contributed by atoms with E-state index in [1.807, 2.05) is 23.1 Å². The third kappa shape index (κ3) is 5.15. The standard InChI is InChI=1S/C17H25N3O2/c1-18-16(21)14-19-10-12-20(13-11-19)17(22)9-5-8-15-6-3-2-4-7-15/h2-4,6-7H,5,8-14H2,1H3,(H,18,21). The van der Waals surface area contributed by atoms with E-state index in [9.17, 15) is 9.59 Å². The molecule has 1 saturated heterocycles. The van der Waals surface area contributed by atoms with Crippen molar-refractivity contribution in [3.63, 3.8) is 0 Å². The van der Waals surface area contributed by atoms with E-state index in [2.05, 4.69) is 22.3 Å². The van der Waals surface area contributed by atoms with Gasteiger partial charge >= 0.3 is 0 Å². The van der Waals surface area contributed by atoms with Gasteiger partial charge in [0.15, 0.2) is 0 Å². The number of nitrogens with one attached hydrogen (secondary N) is 1. The minimum Gasteiger partial charge on any atom is -0.358 e. The zero-order valence-electron chi connectivity index (χ0n) is 13.3. The molecule has 0 unspecified atom stereocenters. The average Bonchev–Trinajstić information content (AvgIpc) is 2.56. The largest absolute Gasteiger partial charge is 0.358 e. The number of hydrogen-bond donors (Lipinski definition) is 1. The normalized spacial score (nSPS) is 15.6. The molecule has 1 aliphatic rings. The van der Waals surface area contributed by atoms with E-state index in [4.69, 9.17) is 0 Å². The van der Waals surface area contributed by atoms with Gasteiger partial charge in [0.1, 0.15) is 0 Å². The van der Waals surface area contributed by atoms with Gasteiger partial charge in [-0.05, 0) is 18.4 Å². The molecule has 0 aliphatic carbocycles. The van der Waals surface area contributed by atoms with Crippen molar-refractivity contribution in [1.29, 1.82) is 0 Å². The van der Waals surface area contributed by atoms with Crippen LogP contribution in [0.25, 0.3) is 0 Å². The van der Waals surface area contributed by atoms with Crippen molar-refractivity contribution in [3.8, 4) is 0 Å². The number of piperazine rings is 1. The van der Waals surface area contributed by atoms with Gasteiger partial charge in [0.05, 0.1) is 6.54 Å². The third-order valence-corrected chi connectivity index (χ3v) is 4.07. The number of carbonyl (C=O) groups is 2. The highest BCUT2D eigenvalue weighted by atomic mass is 16.2. The van der Waals surface area contributed by atoms with Crippen molar-refractivity contribution in [2.24, 2.45) is 0 Å². The van der Waals surface area contributed by atoms with Crippen LogP contribution in [0, 0.1) is 0 Å². The lowest BCUT2D eigenvalue weighted by Gasteiger charge is -2.34. The molecule has 1 aromatic carbocycles. The van der Waals surface area contributed by atoms with Crippen molar-refractivity contribution in [2.75, 3.05) is 39.8 Å². The number of amides is 2. The van der Waals surface area contributed by atoms with Gasteiger partial charge in [0.2, 0.25) is 11.8 Å². The predicted octanol–water partition coefficient (Wildman–Crippen LogP) is 0.900. The molecule has 2 rings (SSSR count). The van der Waals surface area contributed by atoms with Crippen LogP contribution in [-0.4, -0.2) is 61.4 Å². The monoisotopic (exact) mass is 303 g/mol. The van der Waals surface area contributed by atoms with E-state index in [0.29, 0.717) is 13.0 Å². The Labute approximate surface area is 132 Å². The molecule has 1 aromatic rings. The summed E-state index contributed by atoms with van der Waals surface area (Å²) < 4.78 is 0. The molecule has 1 aliphatic heterocycles. The molecule has 120 valence electrons. The first-order valence-corrected chi connectivity index (χ1v) is 7.93. The van der Waals surface area contributed by atoms with Gasteiger partial charge in [0, 0.05) is 39.6 Å². The van der Waals surface area contributed by atoms with Crippen LogP contribution in [0.3, 0.4) is 0 Å². The van der Waals surface area contributed by atoms with Crippen molar-refractivity contribution < 1.29 is 9.59 Å². The maximum Gasteiger partial charge on any atom is 0.233 e. The molecule has 2 amide bonds. The van der Waals surface area contributed by atoms with Crippen molar-refractivity contribution in [2.45, 2.75) is 19.3 Å². The lowest BCUT2D eigenvalue weighted by Crippen LogP contribution is -2.50. The summed E-state index contributed by atoms with van der Waals surface area (Å²) in [5.41, 5.74) is 1.28. The molecule has 0 atom stereocenters. The number of rotatable bonds is 6. The van der Waals surface area contributed by atoms with E-state index in [1.165, 1.54) is 5.56 Å². The summed E-state index contributed by atoms with van der Waals surface area (Å²) in [6, 6.07) is 10.3.